The zero-order valence-corrected chi connectivity index (χ0v) is 11.1. The van der Waals surface area contributed by atoms with E-state index in [-0.39, 0.29) is 11.8 Å². The highest BCUT2D eigenvalue weighted by molar-refractivity contribution is 5.67. The summed E-state index contributed by atoms with van der Waals surface area (Å²) in [7, 11) is 0. The molecule has 0 aliphatic heterocycles. The van der Waals surface area contributed by atoms with Gasteiger partial charge in [-0.1, -0.05) is 26.7 Å². The monoisotopic (exact) mass is 251 g/mol. The quantitative estimate of drug-likeness (QED) is 0.842. The smallest absolute Gasteiger partial charge is 0.303 e. The first-order valence-corrected chi connectivity index (χ1v) is 6.64. The van der Waals surface area contributed by atoms with Gasteiger partial charge in [-0.2, -0.15) is 5.10 Å². The van der Waals surface area contributed by atoms with Gasteiger partial charge in [-0.05, 0) is 18.3 Å². The summed E-state index contributed by atoms with van der Waals surface area (Å²) < 4.78 is 0. The number of aromatic amines is 1. The number of hydrogen-bond donors (Lipinski definition) is 2. The lowest BCUT2D eigenvalue weighted by atomic mass is 9.79. The number of hydrogen-bond acceptors (Lipinski definition) is 3. The average molecular weight is 251 g/mol. The number of nitrogens with one attached hydrogen (secondary N) is 1. The van der Waals surface area contributed by atoms with Crippen LogP contribution in [0.2, 0.25) is 0 Å². The summed E-state index contributed by atoms with van der Waals surface area (Å²) in [6.45, 7) is 4.10. The molecule has 5 nitrogen and oxygen atoms in total. The predicted octanol–water partition coefficient (Wildman–Crippen LogP) is 2.51. The van der Waals surface area contributed by atoms with E-state index in [0.29, 0.717) is 12.3 Å². The Morgan fingerprint density at radius 1 is 1.44 bits per heavy atom. The fourth-order valence-corrected chi connectivity index (χ4v) is 2.86. The van der Waals surface area contributed by atoms with Gasteiger partial charge >= 0.3 is 5.97 Å². The molecule has 5 heteroatoms. The van der Waals surface area contributed by atoms with Crippen molar-refractivity contribution in [2.24, 2.45) is 5.41 Å². The number of rotatable bonds is 5. The van der Waals surface area contributed by atoms with Gasteiger partial charge in [0.1, 0.15) is 5.82 Å². The van der Waals surface area contributed by atoms with Gasteiger partial charge in [0, 0.05) is 12.3 Å². The molecule has 18 heavy (non-hydrogen) atoms. The average Bonchev–Trinajstić information content (AvgIpc) is 2.87. The van der Waals surface area contributed by atoms with Crippen LogP contribution in [0.3, 0.4) is 0 Å². The Hall–Kier alpha value is -1.39. The second kappa shape index (κ2) is 5.08. The molecule has 2 rings (SSSR count). The zero-order valence-electron chi connectivity index (χ0n) is 11.1. The fraction of sp³-hybridized carbons (Fsp3) is 0.769. The van der Waals surface area contributed by atoms with Crippen LogP contribution in [-0.4, -0.2) is 26.3 Å². The first-order chi connectivity index (χ1) is 8.51. The molecule has 1 aliphatic carbocycles. The highest BCUT2D eigenvalue weighted by Gasteiger charge is 2.37. The molecule has 1 fully saturated rings. The van der Waals surface area contributed by atoms with E-state index >= 15 is 0 Å². The van der Waals surface area contributed by atoms with Crippen molar-refractivity contribution in [3.05, 3.63) is 11.6 Å². The lowest BCUT2D eigenvalue weighted by Gasteiger charge is -2.25. The van der Waals surface area contributed by atoms with Crippen molar-refractivity contribution in [2.75, 3.05) is 0 Å². The molecule has 1 heterocycles. The van der Waals surface area contributed by atoms with Crippen LogP contribution in [0.25, 0.3) is 0 Å². The normalized spacial score (nSPS) is 18.4. The maximum atomic E-state index is 11.0. The van der Waals surface area contributed by atoms with E-state index in [1.165, 1.54) is 0 Å². The number of carbonyl (C=O) groups is 1. The van der Waals surface area contributed by atoms with Gasteiger partial charge in [0.05, 0.1) is 6.42 Å². The highest BCUT2D eigenvalue weighted by Crippen LogP contribution is 2.43. The van der Waals surface area contributed by atoms with Crippen LogP contribution in [-0.2, 0) is 11.2 Å². The molecule has 0 unspecified atom stereocenters. The molecule has 1 aromatic rings. The lowest BCUT2D eigenvalue weighted by Crippen LogP contribution is -2.24. The van der Waals surface area contributed by atoms with E-state index in [0.717, 1.165) is 37.3 Å². The molecule has 0 amide bonds. The first-order valence-electron chi connectivity index (χ1n) is 6.64. The molecule has 1 aromatic heterocycles. The minimum Gasteiger partial charge on any atom is -0.481 e. The number of carboxylic acids is 1. The molecule has 1 aliphatic rings. The molecule has 0 atom stereocenters. The predicted molar refractivity (Wildman–Crippen MR) is 67.3 cm³/mol. The minimum atomic E-state index is -0.708. The molecular weight excluding hydrogens is 230 g/mol. The topological polar surface area (TPSA) is 78.9 Å². The summed E-state index contributed by atoms with van der Waals surface area (Å²) in [6.07, 6.45) is 5.16. The van der Waals surface area contributed by atoms with Gasteiger partial charge in [-0.15, -0.1) is 0 Å². The second-order valence-electron chi connectivity index (χ2n) is 5.75. The summed E-state index contributed by atoms with van der Waals surface area (Å²) in [5.41, 5.74) is -0.111. The Labute approximate surface area is 107 Å². The Kier molecular flexibility index (Phi) is 3.68. The molecule has 0 aromatic carbocycles. The maximum absolute atomic E-state index is 11.0. The van der Waals surface area contributed by atoms with Crippen LogP contribution in [0.15, 0.2) is 0 Å². The summed E-state index contributed by atoms with van der Waals surface area (Å²) in [5, 5.41) is 16.2. The van der Waals surface area contributed by atoms with E-state index in [9.17, 15) is 4.79 Å². The maximum Gasteiger partial charge on any atom is 0.303 e. The summed E-state index contributed by atoms with van der Waals surface area (Å²) >= 11 is 0. The van der Waals surface area contributed by atoms with Gasteiger partial charge < -0.3 is 5.11 Å². The van der Waals surface area contributed by atoms with E-state index in [4.69, 9.17) is 5.11 Å². The summed E-state index contributed by atoms with van der Waals surface area (Å²) in [4.78, 5) is 15.5. The molecule has 1 saturated carbocycles. The van der Waals surface area contributed by atoms with Crippen LogP contribution in [0.5, 0.6) is 0 Å². The van der Waals surface area contributed by atoms with Crippen LogP contribution in [0, 0.1) is 5.41 Å². The third kappa shape index (κ3) is 2.89. The molecule has 0 spiro atoms. The van der Waals surface area contributed by atoms with Crippen LogP contribution >= 0.6 is 0 Å². The van der Waals surface area contributed by atoms with Crippen molar-refractivity contribution in [2.45, 2.75) is 58.3 Å². The van der Waals surface area contributed by atoms with Crippen molar-refractivity contribution >= 4 is 5.97 Å². The van der Waals surface area contributed by atoms with Gasteiger partial charge in [-0.3, -0.25) is 9.89 Å². The Morgan fingerprint density at radius 3 is 2.61 bits per heavy atom. The van der Waals surface area contributed by atoms with Crippen molar-refractivity contribution in [3.8, 4) is 0 Å². The zero-order chi connectivity index (χ0) is 13.2. The number of H-pyrrole nitrogens is 1. The Bertz CT molecular complexity index is 420. The number of nitrogens with zero attached hydrogens (tertiary/aromatic N) is 2. The molecule has 0 saturated heterocycles. The second-order valence-corrected chi connectivity index (χ2v) is 5.75. The molecular formula is C13H21N3O2. The number of aliphatic carboxylic acids is 1. The summed E-state index contributed by atoms with van der Waals surface area (Å²) in [6, 6.07) is 0. The first kappa shape index (κ1) is 13.1. The number of aromatic nitrogens is 3. The van der Waals surface area contributed by atoms with Crippen LogP contribution in [0.1, 0.15) is 63.5 Å². The third-order valence-corrected chi connectivity index (χ3v) is 3.80. The van der Waals surface area contributed by atoms with E-state index < -0.39 is 5.97 Å². The molecule has 0 bridgehead atoms. The van der Waals surface area contributed by atoms with Crippen molar-refractivity contribution in [1.29, 1.82) is 0 Å². The van der Waals surface area contributed by atoms with E-state index in [1.807, 2.05) is 0 Å². The Balaban J connectivity index is 2.10. The van der Waals surface area contributed by atoms with Gasteiger partial charge in [0.15, 0.2) is 5.82 Å². The van der Waals surface area contributed by atoms with Gasteiger partial charge in [0.2, 0.25) is 0 Å². The van der Waals surface area contributed by atoms with Crippen molar-refractivity contribution < 1.29 is 9.90 Å². The van der Waals surface area contributed by atoms with E-state index in [2.05, 4.69) is 29.0 Å². The largest absolute Gasteiger partial charge is 0.481 e. The molecule has 0 radical (unpaired) electrons. The molecule has 100 valence electrons. The minimum absolute atomic E-state index is 0.111. The summed E-state index contributed by atoms with van der Waals surface area (Å²) in [5.74, 6) is 1.24. The molecule has 2 N–H and O–H groups in total. The third-order valence-electron chi connectivity index (χ3n) is 3.80. The highest BCUT2D eigenvalue weighted by atomic mass is 16.4. The SMILES string of the molecule is CC(C)c1n[nH]c(CC2(CC(=O)O)CCCC2)n1. The van der Waals surface area contributed by atoms with Gasteiger partial charge in [-0.25, -0.2) is 4.98 Å². The van der Waals surface area contributed by atoms with Crippen LogP contribution in [0.4, 0.5) is 0 Å². The van der Waals surface area contributed by atoms with Crippen molar-refractivity contribution in [3.63, 3.8) is 0 Å². The lowest BCUT2D eigenvalue weighted by molar-refractivity contribution is -0.139. The van der Waals surface area contributed by atoms with E-state index in [1.54, 1.807) is 0 Å². The number of carboxylic acid groups (broad SMARTS) is 1. The van der Waals surface area contributed by atoms with Crippen molar-refractivity contribution in [1.82, 2.24) is 15.2 Å². The van der Waals surface area contributed by atoms with Crippen LogP contribution < -0.4 is 0 Å². The fourth-order valence-electron chi connectivity index (χ4n) is 2.86. The van der Waals surface area contributed by atoms with Gasteiger partial charge in [0.25, 0.3) is 0 Å². The Morgan fingerprint density at radius 2 is 2.11 bits per heavy atom. The standard InChI is InChI=1S/C13H21N3O2/c1-9(2)12-14-10(15-16-12)7-13(8-11(17)18)5-3-4-6-13/h9H,3-8H2,1-2H3,(H,17,18)(H,14,15,16).